The summed E-state index contributed by atoms with van der Waals surface area (Å²) in [6.45, 7) is 6.08. The van der Waals surface area contributed by atoms with Crippen molar-refractivity contribution in [3.8, 4) is 6.07 Å². The monoisotopic (exact) mass is 125 g/mol. The highest BCUT2D eigenvalue weighted by Gasteiger charge is 1.73. The maximum atomic E-state index is 9.25. The van der Waals surface area contributed by atoms with Crippen molar-refractivity contribution < 1.29 is 9.90 Å². The van der Waals surface area contributed by atoms with Gasteiger partial charge in [-0.25, -0.2) is 4.79 Å². The maximum absolute atomic E-state index is 9.25. The molecule has 0 radical (unpaired) electrons. The molecule has 0 saturated heterocycles. The van der Waals surface area contributed by atoms with Crippen LogP contribution in [0.5, 0.6) is 0 Å². The van der Waals surface area contributed by atoms with Crippen LogP contribution in [0.1, 0.15) is 0 Å². The van der Waals surface area contributed by atoms with Crippen LogP contribution in [0.2, 0.25) is 0 Å². The van der Waals surface area contributed by atoms with E-state index >= 15 is 0 Å². The van der Waals surface area contributed by atoms with Crippen molar-refractivity contribution in [3.05, 3.63) is 25.3 Å². The minimum absolute atomic E-state index is 0.833. The molecule has 0 saturated carbocycles. The van der Waals surface area contributed by atoms with Crippen molar-refractivity contribution in [3.63, 3.8) is 0 Å². The lowest BCUT2D eigenvalue weighted by Gasteiger charge is -1.64. The first kappa shape index (κ1) is 10.4. The maximum Gasteiger partial charge on any atom is 0.327 e. The fraction of sp³-hybridized carbons (Fsp3) is 0. The average molecular weight is 125 g/mol. The quantitative estimate of drug-likeness (QED) is 0.419. The first-order valence-corrected chi connectivity index (χ1v) is 2.05. The number of rotatable bonds is 1. The second-order valence-corrected chi connectivity index (χ2v) is 0.876. The predicted octanol–water partition coefficient (Wildman–Crippen LogP) is 0.953. The molecule has 0 aromatic heterocycles. The molecule has 48 valence electrons. The van der Waals surface area contributed by atoms with Crippen LogP contribution in [-0.4, -0.2) is 11.1 Å². The molecule has 3 heteroatoms. The van der Waals surface area contributed by atoms with Crippen molar-refractivity contribution in [2.24, 2.45) is 0 Å². The van der Waals surface area contributed by atoms with Gasteiger partial charge in [0.2, 0.25) is 0 Å². The number of aliphatic carboxylic acids is 1. The van der Waals surface area contributed by atoms with Gasteiger partial charge in [0.15, 0.2) is 0 Å². The number of nitriles is 1. The van der Waals surface area contributed by atoms with Gasteiger partial charge in [-0.05, 0) is 0 Å². The highest BCUT2D eigenvalue weighted by atomic mass is 16.4. The van der Waals surface area contributed by atoms with Gasteiger partial charge in [-0.3, -0.25) is 0 Å². The molecule has 0 aromatic carbocycles. The molecule has 0 atom stereocenters. The minimum atomic E-state index is -0.981. The minimum Gasteiger partial charge on any atom is -0.478 e. The number of hydrogen-bond acceptors (Lipinski definition) is 2. The molecule has 1 N–H and O–H groups in total. The molecule has 0 aliphatic heterocycles. The Bertz CT molecular complexity index is 144. The van der Waals surface area contributed by atoms with Crippen molar-refractivity contribution in [2.75, 3.05) is 0 Å². The number of allylic oxidation sites excluding steroid dienone is 1. The van der Waals surface area contributed by atoms with E-state index in [4.69, 9.17) is 10.4 Å². The van der Waals surface area contributed by atoms with E-state index in [2.05, 4.69) is 13.2 Å². The summed E-state index contributed by atoms with van der Waals surface area (Å²) in [4.78, 5) is 9.25. The van der Waals surface area contributed by atoms with Gasteiger partial charge >= 0.3 is 5.97 Å². The number of nitrogens with zero attached hydrogens (tertiary/aromatic N) is 1. The molecule has 0 rings (SSSR count). The molecule has 0 amide bonds. The van der Waals surface area contributed by atoms with Crippen LogP contribution < -0.4 is 0 Å². The van der Waals surface area contributed by atoms with E-state index in [1.807, 2.05) is 0 Å². The molecule has 0 fully saturated rings. The van der Waals surface area contributed by atoms with E-state index in [-0.39, 0.29) is 0 Å². The number of carboxylic acids is 1. The SMILES string of the molecule is C=CC#N.C=CC(=O)O. The zero-order valence-corrected chi connectivity index (χ0v) is 4.87. The molecular weight excluding hydrogens is 118 g/mol. The Labute approximate surface area is 53.5 Å². The fourth-order valence-corrected chi connectivity index (χ4v) is 0. The fourth-order valence-electron chi connectivity index (χ4n) is 0. The first-order valence-electron chi connectivity index (χ1n) is 2.05. The Morgan fingerprint density at radius 2 is 1.89 bits per heavy atom. The molecule has 0 aromatic rings. The van der Waals surface area contributed by atoms with Crippen LogP contribution in [0.25, 0.3) is 0 Å². The molecule has 3 nitrogen and oxygen atoms in total. The normalized spacial score (nSPS) is 5.22. The van der Waals surface area contributed by atoms with E-state index in [0.29, 0.717) is 0 Å². The van der Waals surface area contributed by atoms with Crippen molar-refractivity contribution in [2.45, 2.75) is 0 Å². The van der Waals surface area contributed by atoms with E-state index in [0.717, 1.165) is 6.08 Å². The van der Waals surface area contributed by atoms with Gasteiger partial charge in [-0.15, -0.1) is 0 Å². The summed E-state index contributed by atoms with van der Waals surface area (Å²) < 4.78 is 0. The highest BCUT2D eigenvalue weighted by molar-refractivity contribution is 5.78. The lowest BCUT2D eigenvalue weighted by Crippen LogP contribution is -1.82. The number of hydrogen-bond donors (Lipinski definition) is 1. The highest BCUT2D eigenvalue weighted by Crippen LogP contribution is 1.54. The molecule has 0 heterocycles. The van der Waals surface area contributed by atoms with Crippen LogP contribution in [0, 0.1) is 11.3 Å². The largest absolute Gasteiger partial charge is 0.478 e. The number of carbonyl (C=O) groups is 1. The van der Waals surface area contributed by atoms with Crippen LogP contribution >= 0.6 is 0 Å². The summed E-state index contributed by atoms with van der Waals surface area (Å²) in [6.07, 6.45) is 2.01. The Morgan fingerprint density at radius 1 is 1.67 bits per heavy atom. The van der Waals surface area contributed by atoms with E-state index in [1.165, 1.54) is 6.08 Å². The van der Waals surface area contributed by atoms with Crippen LogP contribution in [0.4, 0.5) is 0 Å². The van der Waals surface area contributed by atoms with E-state index in [1.54, 1.807) is 6.07 Å². The summed E-state index contributed by atoms with van der Waals surface area (Å²) in [5.41, 5.74) is 0. The van der Waals surface area contributed by atoms with Gasteiger partial charge in [0.1, 0.15) is 0 Å². The zero-order valence-electron chi connectivity index (χ0n) is 4.87. The Balaban J connectivity index is 0. The molecule has 0 spiro atoms. The van der Waals surface area contributed by atoms with Crippen LogP contribution in [-0.2, 0) is 4.79 Å². The lowest BCUT2D eigenvalue weighted by atomic mass is 10.7. The topological polar surface area (TPSA) is 61.1 Å². The van der Waals surface area contributed by atoms with Crippen molar-refractivity contribution >= 4 is 5.97 Å². The first-order chi connectivity index (χ1) is 4.18. The molecule has 9 heavy (non-hydrogen) atoms. The Kier molecular flexibility index (Phi) is 11.2. The molecule has 0 bridgehead atoms. The predicted molar refractivity (Wildman–Crippen MR) is 33.6 cm³/mol. The summed E-state index contributed by atoms with van der Waals surface area (Å²) >= 11 is 0. The van der Waals surface area contributed by atoms with Gasteiger partial charge in [0, 0.05) is 12.2 Å². The van der Waals surface area contributed by atoms with Gasteiger partial charge in [-0.1, -0.05) is 13.2 Å². The third-order valence-corrected chi connectivity index (χ3v) is 0.266. The van der Waals surface area contributed by atoms with Crippen molar-refractivity contribution in [1.29, 1.82) is 5.26 Å². The molecular formula is C6H7NO2. The van der Waals surface area contributed by atoms with Crippen molar-refractivity contribution in [1.82, 2.24) is 0 Å². The summed E-state index contributed by atoms with van der Waals surface area (Å²) in [5, 5.41) is 15.1. The second kappa shape index (κ2) is 9.67. The van der Waals surface area contributed by atoms with Gasteiger partial charge in [0.05, 0.1) is 6.07 Å². The standard InChI is InChI=1S/C3H3N.C3H4O2/c1-2-3-4;1-2-3(4)5/h2H,1H2;2H,1H2,(H,4,5). The van der Waals surface area contributed by atoms with Gasteiger partial charge in [0.25, 0.3) is 0 Å². The average Bonchev–Trinajstić information content (AvgIpc) is 1.89. The third-order valence-electron chi connectivity index (χ3n) is 0.266. The second-order valence-electron chi connectivity index (χ2n) is 0.876. The Morgan fingerprint density at radius 3 is 1.89 bits per heavy atom. The van der Waals surface area contributed by atoms with Gasteiger partial charge < -0.3 is 5.11 Å². The summed E-state index contributed by atoms with van der Waals surface area (Å²) in [7, 11) is 0. The van der Waals surface area contributed by atoms with E-state index in [9.17, 15) is 4.79 Å². The third kappa shape index (κ3) is 61.2. The number of carboxylic acid groups (broad SMARTS) is 1. The van der Waals surface area contributed by atoms with E-state index < -0.39 is 5.97 Å². The Hall–Kier alpha value is -1.56. The molecule has 0 aliphatic carbocycles. The smallest absolute Gasteiger partial charge is 0.327 e. The zero-order chi connectivity index (χ0) is 7.70. The van der Waals surface area contributed by atoms with Crippen LogP contribution in [0.3, 0.4) is 0 Å². The van der Waals surface area contributed by atoms with Crippen LogP contribution in [0.15, 0.2) is 25.3 Å². The van der Waals surface area contributed by atoms with Gasteiger partial charge in [-0.2, -0.15) is 5.26 Å². The lowest BCUT2D eigenvalue weighted by molar-refractivity contribution is -0.131. The summed E-state index contributed by atoms with van der Waals surface area (Å²) in [5.74, 6) is -0.981. The molecule has 0 aliphatic rings. The molecule has 0 unspecified atom stereocenters. The summed E-state index contributed by atoms with van der Waals surface area (Å²) in [6, 6.07) is 1.69.